The molecular formula is C21H20N4O. The summed E-state index contributed by atoms with van der Waals surface area (Å²) in [6.07, 6.45) is 4.66. The van der Waals surface area contributed by atoms with Crippen molar-refractivity contribution < 1.29 is 4.79 Å². The highest BCUT2D eigenvalue weighted by molar-refractivity contribution is 6.06. The fraction of sp³-hybridized carbons (Fsp3) is 0.190. The second kappa shape index (κ2) is 6.59. The van der Waals surface area contributed by atoms with Crippen LogP contribution in [0.1, 0.15) is 27.3 Å². The fourth-order valence-electron chi connectivity index (χ4n) is 3.17. The molecule has 0 radical (unpaired) electrons. The Bertz CT molecular complexity index is 1080. The number of nitrogens with zero attached hydrogens (tertiary/aromatic N) is 3. The van der Waals surface area contributed by atoms with E-state index in [1.165, 1.54) is 0 Å². The van der Waals surface area contributed by atoms with Crippen molar-refractivity contribution in [2.24, 2.45) is 0 Å². The number of nitrogens with one attached hydrogen (secondary N) is 1. The van der Waals surface area contributed by atoms with E-state index in [2.05, 4.69) is 15.3 Å². The van der Waals surface area contributed by atoms with Crippen molar-refractivity contribution in [3.63, 3.8) is 0 Å². The summed E-state index contributed by atoms with van der Waals surface area (Å²) in [7, 11) is 0. The third-order valence-electron chi connectivity index (χ3n) is 4.42. The minimum absolute atomic E-state index is 0.0742. The lowest BCUT2D eigenvalue weighted by molar-refractivity contribution is 0.0955. The molecule has 5 heteroatoms. The highest BCUT2D eigenvalue weighted by atomic mass is 16.1. The number of fused-ring (bicyclic) bond motifs is 2. The third kappa shape index (κ3) is 3.16. The zero-order valence-corrected chi connectivity index (χ0v) is 14.9. The van der Waals surface area contributed by atoms with E-state index in [1.807, 2.05) is 73.1 Å². The molecule has 0 fully saturated rings. The molecule has 3 heterocycles. The van der Waals surface area contributed by atoms with Crippen molar-refractivity contribution in [2.45, 2.75) is 20.3 Å². The monoisotopic (exact) mass is 344 g/mol. The van der Waals surface area contributed by atoms with Crippen LogP contribution in [0.5, 0.6) is 0 Å². The minimum Gasteiger partial charge on any atom is -0.352 e. The van der Waals surface area contributed by atoms with E-state index in [0.717, 1.165) is 33.5 Å². The lowest BCUT2D eigenvalue weighted by Crippen LogP contribution is -2.26. The van der Waals surface area contributed by atoms with E-state index in [-0.39, 0.29) is 5.91 Å². The smallest absolute Gasteiger partial charge is 0.252 e. The number of aryl methyl sites for hydroxylation is 2. The summed E-state index contributed by atoms with van der Waals surface area (Å²) in [4.78, 5) is 21.8. The quantitative estimate of drug-likeness (QED) is 0.617. The number of amides is 1. The van der Waals surface area contributed by atoms with Crippen LogP contribution in [0.25, 0.3) is 16.6 Å². The maximum absolute atomic E-state index is 12.7. The average molecular weight is 344 g/mol. The zero-order chi connectivity index (χ0) is 18.1. The minimum atomic E-state index is -0.0742. The first-order valence-corrected chi connectivity index (χ1v) is 8.69. The highest BCUT2D eigenvalue weighted by Gasteiger charge is 2.12. The average Bonchev–Trinajstić information content (AvgIpc) is 3.04. The molecule has 0 aliphatic carbocycles. The Balaban J connectivity index is 1.51. The van der Waals surface area contributed by atoms with Crippen molar-refractivity contribution in [1.82, 2.24) is 19.7 Å². The lowest BCUT2D eigenvalue weighted by atomic mass is 10.0. The van der Waals surface area contributed by atoms with E-state index in [4.69, 9.17) is 0 Å². The number of imidazole rings is 1. The Morgan fingerprint density at radius 2 is 2.00 bits per heavy atom. The number of hydrogen-bond acceptors (Lipinski definition) is 3. The van der Waals surface area contributed by atoms with Crippen LogP contribution in [0.3, 0.4) is 0 Å². The van der Waals surface area contributed by atoms with Crippen molar-refractivity contribution in [3.8, 4) is 0 Å². The topological polar surface area (TPSA) is 59.3 Å². The van der Waals surface area contributed by atoms with E-state index < -0.39 is 0 Å². The molecular weight excluding hydrogens is 324 g/mol. The number of carbonyl (C=O) groups excluding carboxylic acids is 1. The normalized spacial score (nSPS) is 11.2. The number of rotatable bonds is 4. The predicted octanol–water partition coefficient (Wildman–Crippen LogP) is 3.47. The molecule has 1 amide bonds. The van der Waals surface area contributed by atoms with Gasteiger partial charge in [0.1, 0.15) is 5.65 Å². The Morgan fingerprint density at radius 3 is 2.85 bits per heavy atom. The second-order valence-electron chi connectivity index (χ2n) is 6.54. The Morgan fingerprint density at radius 1 is 1.12 bits per heavy atom. The molecule has 5 nitrogen and oxygen atoms in total. The van der Waals surface area contributed by atoms with Gasteiger partial charge in [-0.2, -0.15) is 0 Å². The molecule has 0 atom stereocenters. The third-order valence-corrected chi connectivity index (χ3v) is 4.42. The molecule has 4 aromatic rings. The van der Waals surface area contributed by atoms with Crippen LogP contribution in [-0.2, 0) is 6.42 Å². The van der Waals surface area contributed by atoms with Crippen LogP contribution in [0, 0.1) is 13.8 Å². The summed E-state index contributed by atoms with van der Waals surface area (Å²) >= 11 is 0. The molecule has 0 saturated heterocycles. The van der Waals surface area contributed by atoms with Gasteiger partial charge in [-0.25, -0.2) is 4.98 Å². The number of aromatic nitrogens is 3. The number of hydrogen-bond donors (Lipinski definition) is 1. The van der Waals surface area contributed by atoms with Crippen LogP contribution in [0.15, 0.2) is 54.9 Å². The Kier molecular flexibility index (Phi) is 4.13. The second-order valence-corrected chi connectivity index (χ2v) is 6.54. The van der Waals surface area contributed by atoms with Gasteiger partial charge < -0.3 is 9.72 Å². The summed E-state index contributed by atoms with van der Waals surface area (Å²) < 4.78 is 1.99. The molecule has 0 saturated carbocycles. The Labute approximate surface area is 151 Å². The fourth-order valence-corrected chi connectivity index (χ4v) is 3.17. The highest BCUT2D eigenvalue weighted by Crippen LogP contribution is 2.20. The molecule has 0 unspecified atom stereocenters. The van der Waals surface area contributed by atoms with Crippen molar-refractivity contribution in [1.29, 1.82) is 0 Å². The van der Waals surface area contributed by atoms with Crippen LogP contribution < -0.4 is 5.32 Å². The van der Waals surface area contributed by atoms with Gasteiger partial charge >= 0.3 is 0 Å². The van der Waals surface area contributed by atoms with Crippen LogP contribution in [0.4, 0.5) is 0 Å². The summed E-state index contributed by atoms with van der Waals surface area (Å²) in [5, 5.41) is 3.90. The van der Waals surface area contributed by atoms with Crippen LogP contribution in [-0.4, -0.2) is 26.8 Å². The maximum Gasteiger partial charge on any atom is 0.252 e. The molecule has 0 aliphatic heterocycles. The first-order valence-electron chi connectivity index (χ1n) is 8.69. The van der Waals surface area contributed by atoms with Crippen molar-refractivity contribution >= 4 is 22.5 Å². The molecule has 1 aromatic carbocycles. The molecule has 26 heavy (non-hydrogen) atoms. The molecule has 1 N–H and O–H groups in total. The standard InChI is InChI=1S/C21H20N4O/c1-14-6-7-19-17(11-14)18(12-15(2)23-19)21(26)22-9-8-16-13-25-10-4-3-5-20(25)24-16/h3-7,10-13H,8-9H2,1-2H3,(H,22,26). The van der Waals surface area contributed by atoms with Crippen LogP contribution >= 0.6 is 0 Å². The van der Waals surface area contributed by atoms with Crippen molar-refractivity contribution in [3.05, 3.63) is 77.4 Å². The van der Waals surface area contributed by atoms with E-state index in [1.54, 1.807) is 0 Å². The van der Waals surface area contributed by atoms with Crippen LogP contribution in [0.2, 0.25) is 0 Å². The largest absolute Gasteiger partial charge is 0.352 e. The van der Waals surface area contributed by atoms with Crippen molar-refractivity contribution in [2.75, 3.05) is 6.54 Å². The SMILES string of the molecule is Cc1ccc2nc(C)cc(C(=O)NCCc3cn4ccccc4n3)c2c1. The molecule has 0 spiro atoms. The summed E-state index contributed by atoms with van der Waals surface area (Å²) in [6.45, 7) is 4.47. The van der Waals surface area contributed by atoms with Gasteiger partial charge in [0.25, 0.3) is 5.91 Å². The lowest BCUT2D eigenvalue weighted by Gasteiger charge is -2.09. The molecule has 3 aromatic heterocycles. The molecule has 0 bridgehead atoms. The number of carbonyl (C=O) groups is 1. The summed E-state index contributed by atoms with van der Waals surface area (Å²) in [6, 6.07) is 13.7. The summed E-state index contributed by atoms with van der Waals surface area (Å²) in [5.41, 5.74) is 5.35. The molecule has 4 rings (SSSR count). The summed E-state index contributed by atoms with van der Waals surface area (Å²) in [5.74, 6) is -0.0742. The van der Waals surface area contributed by atoms with Gasteiger partial charge in [0.15, 0.2) is 0 Å². The van der Waals surface area contributed by atoms with Gasteiger partial charge in [0.05, 0.1) is 16.8 Å². The van der Waals surface area contributed by atoms with E-state index >= 15 is 0 Å². The van der Waals surface area contributed by atoms with Gasteiger partial charge in [0.2, 0.25) is 0 Å². The van der Waals surface area contributed by atoms with Gasteiger partial charge in [-0.15, -0.1) is 0 Å². The first kappa shape index (κ1) is 16.3. The maximum atomic E-state index is 12.7. The first-order chi connectivity index (χ1) is 12.6. The van der Waals surface area contributed by atoms with Gasteiger partial charge in [-0.05, 0) is 44.2 Å². The number of pyridine rings is 2. The Hall–Kier alpha value is -3.21. The van der Waals surface area contributed by atoms with E-state index in [0.29, 0.717) is 18.5 Å². The van der Waals surface area contributed by atoms with E-state index in [9.17, 15) is 4.79 Å². The van der Waals surface area contributed by atoms with Gasteiger partial charge in [-0.3, -0.25) is 9.78 Å². The number of benzene rings is 1. The predicted molar refractivity (Wildman–Crippen MR) is 102 cm³/mol. The van der Waals surface area contributed by atoms with Gasteiger partial charge in [0, 0.05) is 36.4 Å². The molecule has 130 valence electrons. The molecule has 0 aliphatic rings. The van der Waals surface area contributed by atoms with Gasteiger partial charge in [-0.1, -0.05) is 17.7 Å². The zero-order valence-electron chi connectivity index (χ0n) is 14.9.